The number of aliphatic hydroxyl groups excluding tert-OH is 1. The first-order chi connectivity index (χ1) is 15.3. The Morgan fingerprint density at radius 1 is 0.516 bits per heavy atom. The Labute approximate surface area is 183 Å². The normalized spacial score (nSPS) is 23.0. The summed E-state index contributed by atoms with van der Waals surface area (Å²) in [6.45, 7) is 1.28. The van der Waals surface area contributed by atoms with E-state index in [9.17, 15) is 5.11 Å². The fourth-order valence-electron chi connectivity index (χ4n) is 3.66. The summed E-state index contributed by atoms with van der Waals surface area (Å²) in [5.41, 5.74) is 3.20. The van der Waals surface area contributed by atoms with Crippen molar-refractivity contribution in [2.24, 2.45) is 0 Å². The minimum Gasteiger partial charge on any atom is -0.386 e. The van der Waals surface area contributed by atoms with Gasteiger partial charge in [-0.25, -0.2) is 0 Å². The highest BCUT2D eigenvalue weighted by Gasteiger charge is 2.38. The predicted octanol–water partition coefficient (Wildman–Crippen LogP) is 4.67. The van der Waals surface area contributed by atoms with Crippen LogP contribution in [-0.2, 0) is 34.0 Å². The highest BCUT2D eigenvalue weighted by Crippen LogP contribution is 2.25. The zero-order valence-corrected chi connectivity index (χ0v) is 17.4. The third-order valence-corrected chi connectivity index (χ3v) is 5.34. The van der Waals surface area contributed by atoms with Crippen LogP contribution in [-0.4, -0.2) is 29.5 Å². The Morgan fingerprint density at radius 2 is 0.935 bits per heavy atom. The molecule has 0 aliphatic heterocycles. The summed E-state index contributed by atoms with van der Waals surface area (Å²) in [7, 11) is 0. The second-order valence-corrected chi connectivity index (χ2v) is 7.66. The Balaban J connectivity index is 1.48. The monoisotopic (exact) mass is 416 g/mol. The van der Waals surface area contributed by atoms with E-state index in [1.165, 1.54) is 0 Å². The molecule has 4 rings (SSSR count). The molecule has 4 heteroatoms. The van der Waals surface area contributed by atoms with E-state index in [-0.39, 0.29) is 6.10 Å². The lowest BCUT2D eigenvalue weighted by Crippen LogP contribution is -2.50. The summed E-state index contributed by atoms with van der Waals surface area (Å²) in [5, 5.41) is 10.7. The smallest absolute Gasteiger partial charge is 0.117 e. The van der Waals surface area contributed by atoms with Crippen molar-refractivity contribution in [3.05, 3.63) is 120 Å². The van der Waals surface area contributed by atoms with Gasteiger partial charge in [-0.05, 0) is 16.7 Å². The van der Waals surface area contributed by atoms with Gasteiger partial charge in [0.15, 0.2) is 0 Å². The van der Waals surface area contributed by atoms with Crippen molar-refractivity contribution in [3.8, 4) is 0 Å². The number of hydrogen-bond acceptors (Lipinski definition) is 4. The molecule has 0 amide bonds. The topological polar surface area (TPSA) is 47.9 Å². The van der Waals surface area contributed by atoms with Crippen LogP contribution in [0.25, 0.3) is 0 Å². The standard InChI is InChI=1S/C27H28O4/c28-24-16-17-25(29-18-21-10-4-1-5-11-21)27(31-20-23-14-8-3-9-15-23)26(24)30-19-22-12-6-2-7-13-22/h1-17,24-28H,18-20H2/t24-,25-,26+,27+/m0/s1. The van der Waals surface area contributed by atoms with Crippen LogP contribution >= 0.6 is 0 Å². The van der Waals surface area contributed by atoms with Crippen LogP contribution in [0.2, 0.25) is 0 Å². The first kappa shape index (κ1) is 21.5. The quantitative estimate of drug-likeness (QED) is 0.515. The summed E-state index contributed by atoms with van der Waals surface area (Å²) in [6, 6.07) is 30.0. The van der Waals surface area contributed by atoms with Crippen molar-refractivity contribution >= 4 is 0 Å². The maximum atomic E-state index is 10.7. The van der Waals surface area contributed by atoms with Crippen molar-refractivity contribution in [3.63, 3.8) is 0 Å². The molecule has 1 aliphatic carbocycles. The lowest BCUT2D eigenvalue weighted by Gasteiger charge is -2.37. The zero-order chi connectivity index (χ0) is 21.3. The molecule has 0 heterocycles. The molecular formula is C27H28O4. The fraction of sp³-hybridized carbons (Fsp3) is 0.259. The van der Waals surface area contributed by atoms with Gasteiger partial charge in [0.2, 0.25) is 0 Å². The molecule has 1 N–H and O–H groups in total. The lowest BCUT2D eigenvalue weighted by atomic mass is 9.95. The van der Waals surface area contributed by atoms with Gasteiger partial charge < -0.3 is 19.3 Å². The maximum Gasteiger partial charge on any atom is 0.117 e. The molecule has 0 radical (unpaired) electrons. The van der Waals surface area contributed by atoms with Crippen LogP contribution in [0.3, 0.4) is 0 Å². The minimum atomic E-state index is -0.763. The van der Waals surface area contributed by atoms with Crippen molar-refractivity contribution in [2.45, 2.75) is 44.2 Å². The largest absolute Gasteiger partial charge is 0.386 e. The van der Waals surface area contributed by atoms with E-state index >= 15 is 0 Å². The average Bonchev–Trinajstić information content (AvgIpc) is 2.83. The van der Waals surface area contributed by atoms with Gasteiger partial charge in [-0.3, -0.25) is 0 Å². The number of rotatable bonds is 9. The van der Waals surface area contributed by atoms with Gasteiger partial charge >= 0.3 is 0 Å². The van der Waals surface area contributed by atoms with E-state index in [1.54, 1.807) is 6.08 Å². The molecule has 4 atom stereocenters. The Morgan fingerprint density at radius 3 is 1.42 bits per heavy atom. The van der Waals surface area contributed by atoms with Crippen molar-refractivity contribution in [1.29, 1.82) is 0 Å². The molecule has 4 nitrogen and oxygen atoms in total. The predicted molar refractivity (Wildman–Crippen MR) is 120 cm³/mol. The highest BCUT2D eigenvalue weighted by molar-refractivity contribution is 5.17. The van der Waals surface area contributed by atoms with Crippen LogP contribution in [0.5, 0.6) is 0 Å². The van der Waals surface area contributed by atoms with Crippen molar-refractivity contribution < 1.29 is 19.3 Å². The second kappa shape index (κ2) is 11.0. The third-order valence-electron chi connectivity index (χ3n) is 5.34. The number of hydrogen-bond donors (Lipinski definition) is 1. The Kier molecular flexibility index (Phi) is 7.64. The maximum absolute atomic E-state index is 10.7. The molecule has 3 aromatic rings. The molecule has 0 fully saturated rings. The van der Waals surface area contributed by atoms with Gasteiger partial charge in [-0.15, -0.1) is 0 Å². The molecule has 0 bridgehead atoms. The molecule has 0 spiro atoms. The number of ether oxygens (including phenoxy) is 3. The van der Waals surface area contributed by atoms with E-state index in [0.717, 1.165) is 16.7 Å². The molecule has 31 heavy (non-hydrogen) atoms. The second-order valence-electron chi connectivity index (χ2n) is 7.66. The molecule has 0 saturated heterocycles. The van der Waals surface area contributed by atoms with Crippen molar-refractivity contribution in [1.82, 2.24) is 0 Å². The molecule has 160 valence electrons. The van der Waals surface area contributed by atoms with Crippen LogP contribution in [0.1, 0.15) is 16.7 Å². The molecule has 3 aromatic carbocycles. The summed E-state index contributed by atoms with van der Waals surface area (Å²) >= 11 is 0. The Hall–Kier alpha value is -2.76. The summed E-state index contributed by atoms with van der Waals surface area (Å²) < 4.78 is 18.6. The number of benzene rings is 3. The molecule has 1 aliphatic rings. The SMILES string of the molecule is O[C@H]1C=C[C@H](OCc2ccccc2)[C@@H](OCc2ccccc2)[C@@H]1OCc1ccccc1. The van der Waals surface area contributed by atoms with Gasteiger partial charge in [0.25, 0.3) is 0 Å². The van der Waals surface area contributed by atoms with Crippen LogP contribution < -0.4 is 0 Å². The van der Waals surface area contributed by atoms with E-state index in [4.69, 9.17) is 14.2 Å². The first-order valence-electron chi connectivity index (χ1n) is 10.6. The van der Waals surface area contributed by atoms with Gasteiger partial charge in [-0.1, -0.05) is 103 Å². The van der Waals surface area contributed by atoms with Gasteiger partial charge in [0.1, 0.15) is 24.4 Å². The van der Waals surface area contributed by atoms with Gasteiger partial charge in [0.05, 0.1) is 19.8 Å². The first-order valence-corrected chi connectivity index (χ1v) is 10.6. The summed E-state index contributed by atoms with van der Waals surface area (Å²) in [6.07, 6.45) is 1.57. The zero-order valence-electron chi connectivity index (χ0n) is 17.4. The Bertz CT molecular complexity index is 927. The van der Waals surface area contributed by atoms with Crippen LogP contribution in [0.4, 0.5) is 0 Å². The molecular weight excluding hydrogens is 388 g/mol. The van der Waals surface area contributed by atoms with Crippen LogP contribution in [0, 0.1) is 0 Å². The fourth-order valence-corrected chi connectivity index (χ4v) is 3.66. The molecule has 0 unspecified atom stereocenters. The van der Waals surface area contributed by atoms with Crippen LogP contribution in [0.15, 0.2) is 103 Å². The van der Waals surface area contributed by atoms with Gasteiger partial charge in [0, 0.05) is 0 Å². The lowest BCUT2D eigenvalue weighted by molar-refractivity contribution is -0.167. The van der Waals surface area contributed by atoms with Crippen molar-refractivity contribution in [2.75, 3.05) is 0 Å². The van der Waals surface area contributed by atoms with Gasteiger partial charge in [-0.2, -0.15) is 0 Å². The summed E-state index contributed by atoms with van der Waals surface area (Å²) in [4.78, 5) is 0. The van der Waals surface area contributed by atoms with E-state index in [0.29, 0.717) is 19.8 Å². The third kappa shape index (κ3) is 6.12. The number of aliphatic hydroxyl groups is 1. The van der Waals surface area contributed by atoms with E-state index in [1.807, 2.05) is 97.1 Å². The highest BCUT2D eigenvalue weighted by atomic mass is 16.6. The molecule has 0 aromatic heterocycles. The molecule has 0 saturated carbocycles. The summed E-state index contributed by atoms with van der Waals surface area (Å²) in [5.74, 6) is 0. The minimum absolute atomic E-state index is 0.326. The van der Waals surface area contributed by atoms with E-state index < -0.39 is 18.3 Å². The average molecular weight is 417 g/mol. The van der Waals surface area contributed by atoms with E-state index in [2.05, 4.69) is 0 Å².